The molecule has 2 atom stereocenters. The van der Waals surface area contributed by atoms with Crippen LogP contribution < -0.4 is 11.1 Å². The third kappa shape index (κ3) is 1.73. The fraction of sp³-hybridized carbons (Fsp3) is 0.923. The summed E-state index contributed by atoms with van der Waals surface area (Å²) in [6, 6.07) is 0. The lowest BCUT2D eigenvalue weighted by Gasteiger charge is -2.61. The number of nitrogens with one attached hydrogen (secondary N) is 1. The average molecular weight is 238 g/mol. The summed E-state index contributed by atoms with van der Waals surface area (Å²) in [4.78, 5) is 11.5. The third-order valence-corrected chi connectivity index (χ3v) is 5.17. The first-order valence-corrected chi connectivity index (χ1v) is 6.65. The van der Waals surface area contributed by atoms with Crippen molar-refractivity contribution in [3.63, 3.8) is 0 Å². The molecule has 4 fully saturated rings. The van der Waals surface area contributed by atoms with E-state index < -0.39 is 0 Å². The highest BCUT2D eigenvalue weighted by atomic mass is 16.5. The topological polar surface area (TPSA) is 64.3 Å². The molecule has 0 aromatic rings. The summed E-state index contributed by atoms with van der Waals surface area (Å²) >= 11 is 0. The van der Waals surface area contributed by atoms with E-state index >= 15 is 0 Å². The van der Waals surface area contributed by atoms with Crippen molar-refractivity contribution in [2.45, 2.75) is 44.1 Å². The largest absolute Gasteiger partial charge is 0.453 e. The summed E-state index contributed by atoms with van der Waals surface area (Å²) in [5.41, 5.74) is 6.29. The van der Waals surface area contributed by atoms with Gasteiger partial charge in [0.05, 0.1) is 7.11 Å². The number of alkyl carbamates (subject to hydrolysis) is 1. The van der Waals surface area contributed by atoms with Crippen molar-refractivity contribution in [1.82, 2.24) is 5.32 Å². The van der Waals surface area contributed by atoms with Crippen LogP contribution in [-0.2, 0) is 4.74 Å². The van der Waals surface area contributed by atoms with Crippen LogP contribution in [0.25, 0.3) is 0 Å². The molecule has 0 spiro atoms. The molecule has 0 heterocycles. The Bertz CT molecular complexity index is 328. The van der Waals surface area contributed by atoms with Gasteiger partial charge in [-0.1, -0.05) is 0 Å². The van der Waals surface area contributed by atoms with Crippen LogP contribution in [0.1, 0.15) is 38.5 Å². The van der Waals surface area contributed by atoms with Gasteiger partial charge in [-0.05, 0) is 62.3 Å². The molecule has 3 N–H and O–H groups in total. The molecule has 1 amide bonds. The highest BCUT2D eigenvalue weighted by Gasteiger charge is 2.57. The molecular weight excluding hydrogens is 216 g/mol. The van der Waals surface area contributed by atoms with E-state index in [1.807, 2.05) is 0 Å². The van der Waals surface area contributed by atoms with Crippen molar-refractivity contribution >= 4 is 6.09 Å². The SMILES string of the molecule is COC(=O)NC12CC3CC(CC(CN)(C3)C1)C2. The van der Waals surface area contributed by atoms with Crippen LogP contribution in [-0.4, -0.2) is 25.3 Å². The van der Waals surface area contributed by atoms with E-state index in [2.05, 4.69) is 5.32 Å². The molecule has 4 nitrogen and oxygen atoms in total. The van der Waals surface area contributed by atoms with Gasteiger partial charge in [0.15, 0.2) is 0 Å². The number of hydrogen-bond donors (Lipinski definition) is 2. The Balaban J connectivity index is 1.84. The molecule has 4 aliphatic rings. The Morgan fingerprint density at radius 3 is 2.53 bits per heavy atom. The summed E-state index contributed by atoms with van der Waals surface area (Å²) in [7, 11) is 1.44. The summed E-state index contributed by atoms with van der Waals surface area (Å²) in [5, 5.41) is 3.12. The molecule has 0 aliphatic heterocycles. The quantitative estimate of drug-likeness (QED) is 0.768. The standard InChI is InChI=1S/C13H22N2O2/c1-17-11(16)15-13-5-9-2-10(6-13)4-12(3-9,7-13)8-14/h9-10H,2-8,14H2,1H3,(H,15,16). The Morgan fingerprint density at radius 2 is 2.00 bits per heavy atom. The van der Waals surface area contributed by atoms with Crippen molar-refractivity contribution in [3.05, 3.63) is 0 Å². The smallest absolute Gasteiger partial charge is 0.407 e. The minimum atomic E-state index is -0.279. The van der Waals surface area contributed by atoms with E-state index in [0.29, 0.717) is 5.41 Å². The molecule has 0 aromatic heterocycles. The molecule has 0 aromatic carbocycles. The molecule has 96 valence electrons. The number of carbonyl (C=O) groups excluding carboxylic acids is 1. The number of carbonyl (C=O) groups is 1. The third-order valence-electron chi connectivity index (χ3n) is 5.17. The lowest BCUT2D eigenvalue weighted by Crippen LogP contribution is -2.64. The number of nitrogens with two attached hydrogens (primary N) is 1. The number of amides is 1. The van der Waals surface area contributed by atoms with Crippen LogP contribution >= 0.6 is 0 Å². The molecule has 4 saturated carbocycles. The molecule has 0 radical (unpaired) electrons. The second-order valence-electron chi connectivity index (χ2n) is 6.56. The van der Waals surface area contributed by atoms with E-state index in [9.17, 15) is 4.79 Å². The van der Waals surface area contributed by atoms with Crippen molar-refractivity contribution in [1.29, 1.82) is 0 Å². The predicted octanol–water partition coefficient (Wildman–Crippen LogP) is 1.64. The minimum absolute atomic E-state index is 0.0173. The highest BCUT2D eigenvalue weighted by Crippen LogP contribution is 2.61. The summed E-state index contributed by atoms with van der Waals surface area (Å²) in [6.07, 6.45) is 6.90. The first-order valence-electron chi connectivity index (χ1n) is 6.65. The number of methoxy groups -OCH3 is 1. The summed E-state index contributed by atoms with van der Waals surface area (Å²) in [5.74, 6) is 1.52. The molecular formula is C13H22N2O2. The van der Waals surface area contributed by atoms with Gasteiger partial charge < -0.3 is 15.8 Å². The van der Waals surface area contributed by atoms with E-state index in [0.717, 1.165) is 37.6 Å². The van der Waals surface area contributed by atoms with Crippen LogP contribution in [0, 0.1) is 17.3 Å². The number of ether oxygens (including phenoxy) is 1. The van der Waals surface area contributed by atoms with Crippen molar-refractivity contribution in [3.8, 4) is 0 Å². The first-order chi connectivity index (χ1) is 8.09. The van der Waals surface area contributed by atoms with Gasteiger partial charge >= 0.3 is 6.09 Å². The fourth-order valence-electron chi connectivity index (χ4n) is 5.10. The molecule has 0 saturated heterocycles. The summed E-state index contributed by atoms with van der Waals surface area (Å²) in [6.45, 7) is 0.768. The lowest BCUT2D eigenvalue weighted by molar-refractivity contribution is -0.0740. The molecule has 4 bridgehead atoms. The lowest BCUT2D eigenvalue weighted by atomic mass is 9.47. The van der Waals surface area contributed by atoms with Crippen molar-refractivity contribution in [2.24, 2.45) is 23.0 Å². The first kappa shape index (κ1) is 11.3. The Hall–Kier alpha value is -0.770. The van der Waals surface area contributed by atoms with Crippen LogP contribution in [0.15, 0.2) is 0 Å². The normalized spacial score (nSPS) is 46.9. The maximum absolute atomic E-state index is 11.5. The zero-order chi connectivity index (χ0) is 12.1. The second-order valence-corrected chi connectivity index (χ2v) is 6.56. The van der Waals surface area contributed by atoms with Crippen molar-refractivity contribution < 1.29 is 9.53 Å². The minimum Gasteiger partial charge on any atom is -0.453 e. The van der Waals surface area contributed by atoms with Gasteiger partial charge in [-0.3, -0.25) is 0 Å². The Morgan fingerprint density at radius 1 is 1.35 bits per heavy atom. The molecule has 2 unspecified atom stereocenters. The molecule has 4 aliphatic carbocycles. The van der Waals surface area contributed by atoms with Gasteiger partial charge in [-0.2, -0.15) is 0 Å². The molecule has 4 heteroatoms. The van der Waals surface area contributed by atoms with Crippen LogP contribution in [0.3, 0.4) is 0 Å². The van der Waals surface area contributed by atoms with Gasteiger partial charge in [-0.15, -0.1) is 0 Å². The monoisotopic (exact) mass is 238 g/mol. The molecule has 4 rings (SSSR count). The van der Waals surface area contributed by atoms with Gasteiger partial charge in [0, 0.05) is 5.54 Å². The van der Waals surface area contributed by atoms with E-state index in [-0.39, 0.29) is 11.6 Å². The van der Waals surface area contributed by atoms with Crippen LogP contribution in [0.4, 0.5) is 4.79 Å². The molecule has 17 heavy (non-hydrogen) atoms. The van der Waals surface area contributed by atoms with E-state index in [4.69, 9.17) is 10.5 Å². The van der Waals surface area contributed by atoms with Crippen molar-refractivity contribution in [2.75, 3.05) is 13.7 Å². The Kier molecular flexibility index (Phi) is 2.41. The second kappa shape index (κ2) is 3.61. The maximum atomic E-state index is 11.5. The zero-order valence-electron chi connectivity index (χ0n) is 10.5. The average Bonchev–Trinajstić information content (AvgIpc) is 2.26. The highest BCUT2D eigenvalue weighted by molar-refractivity contribution is 5.68. The van der Waals surface area contributed by atoms with E-state index in [1.54, 1.807) is 0 Å². The summed E-state index contributed by atoms with van der Waals surface area (Å²) < 4.78 is 4.77. The van der Waals surface area contributed by atoms with Crippen LogP contribution in [0.5, 0.6) is 0 Å². The fourth-order valence-corrected chi connectivity index (χ4v) is 5.10. The number of rotatable bonds is 2. The van der Waals surface area contributed by atoms with Gasteiger partial charge in [0.1, 0.15) is 0 Å². The Labute approximate surface area is 102 Å². The van der Waals surface area contributed by atoms with E-state index in [1.165, 1.54) is 26.4 Å². The predicted molar refractivity (Wildman–Crippen MR) is 64.4 cm³/mol. The van der Waals surface area contributed by atoms with Gasteiger partial charge in [-0.25, -0.2) is 4.79 Å². The number of hydrogen-bond acceptors (Lipinski definition) is 3. The van der Waals surface area contributed by atoms with Crippen LogP contribution in [0.2, 0.25) is 0 Å². The maximum Gasteiger partial charge on any atom is 0.407 e. The van der Waals surface area contributed by atoms with Gasteiger partial charge in [0.2, 0.25) is 0 Å². The zero-order valence-corrected chi connectivity index (χ0v) is 10.5. The van der Waals surface area contributed by atoms with Gasteiger partial charge in [0.25, 0.3) is 0 Å².